The summed E-state index contributed by atoms with van der Waals surface area (Å²) in [5.41, 5.74) is 0.591. The molecule has 0 unspecified atom stereocenters. The summed E-state index contributed by atoms with van der Waals surface area (Å²) < 4.78 is 0.817. The highest BCUT2D eigenvalue weighted by atomic mass is 16.6. The molecule has 88 valence electrons. The first kappa shape index (κ1) is 12.2. The Kier molecular flexibility index (Phi) is 4.04. The molecule has 0 saturated carbocycles. The van der Waals surface area contributed by atoms with Gasteiger partial charge in [-0.2, -0.15) is 4.73 Å². The summed E-state index contributed by atoms with van der Waals surface area (Å²) >= 11 is 0. The van der Waals surface area contributed by atoms with Crippen LogP contribution in [0.5, 0.6) is 0 Å². The lowest BCUT2D eigenvalue weighted by atomic mass is 10.2. The molecule has 0 amide bonds. The average Bonchev–Trinajstić information content (AvgIpc) is 2.21. The van der Waals surface area contributed by atoms with Crippen LogP contribution in [0, 0.1) is 17.0 Å². The minimum absolute atomic E-state index is 0.0273. The number of aromatic nitrogens is 1. The van der Waals surface area contributed by atoms with Crippen LogP contribution < -0.4 is 5.49 Å². The number of rotatable bonds is 4. The Hall–Kier alpha value is -1.85. The third-order valence-corrected chi connectivity index (χ3v) is 2.20. The van der Waals surface area contributed by atoms with Crippen LogP contribution in [0.2, 0.25) is 0 Å². The van der Waals surface area contributed by atoms with Crippen molar-refractivity contribution in [2.24, 2.45) is 4.99 Å². The second-order valence-corrected chi connectivity index (χ2v) is 3.54. The number of pyridine rings is 1. The Balaban J connectivity index is 3.14. The Labute approximate surface area is 93.0 Å². The van der Waals surface area contributed by atoms with Gasteiger partial charge in [-0.15, -0.1) is 0 Å². The van der Waals surface area contributed by atoms with Crippen molar-refractivity contribution in [2.75, 3.05) is 6.54 Å². The van der Waals surface area contributed by atoms with Gasteiger partial charge in [0.05, 0.1) is 17.2 Å². The van der Waals surface area contributed by atoms with Crippen molar-refractivity contribution < 1.29 is 10.1 Å². The van der Waals surface area contributed by atoms with Gasteiger partial charge >= 0.3 is 0 Å². The second-order valence-electron chi connectivity index (χ2n) is 3.54. The molecule has 1 heterocycles. The van der Waals surface area contributed by atoms with E-state index in [0.717, 1.165) is 17.6 Å². The highest BCUT2D eigenvalue weighted by Crippen LogP contribution is 2.12. The molecule has 0 bridgehead atoms. The van der Waals surface area contributed by atoms with E-state index in [-0.39, 0.29) is 11.2 Å². The lowest BCUT2D eigenvalue weighted by Gasteiger charge is -2.01. The number of nitro groups is 1. The molecule has 0 aromatic carbocycles. The van der Waals surface area contributed by atoms with Gasteiger partial charge in [-0.05, 0) is 13.3 Å². The van der Waals surface area contributed by atoms with E-state index in [0.29, 0.717) is 12.1 Å². The maximum atomic E-state index is 10.7. The van der Waals surface area contributed by atoms with Crippen LogP contribution in [0.3, 0.4) is 0 Å². The molecule has 1 aromatic rings. The fourth-order valence-corrected chi connectivity index (χ4v) is 1.28. The Bertz CT molecular complexity index is 451. The van der Waals surface area contributed by atoms with Crippen molar-refractivity contribution in [3.63, 3.8) is 0 Å². The topological polar surface area (TPSA) is 80.7 Å². The zero-order valence-corrected chi connectivity index (χ0v) is 9.38. The van der Waals surface area contributed by atoms with Crippen molar-refractivity contribution in [2.45, 2.75) is 26.7 Å². The SMILES string of the molecule is CCCCN=c1cc([N+](=O)[O-])c(C)cn1O. The van der Waals surface area contributed by atoms with Crippen molar-refractivity contribution in [3.05, 3.63) is 33.4 Å². The van der Waals surface area contributed by atoms with E-state index >= 15 is 0 Å². The molecule has 1 rings (SSSR count). The van der Waals surface area contributed by atoms with E-state index in [4.69, 9.17) is 0 Å². The first-order valence-electron chi connectivity index (χ1n) is 5.13. The molecule has 1 N–H and O–H groups in total. The molecule has 1 aromatic heterocycles. The summed E-state index contributed by atoms with van der Waals surface area (Å²) in [6.07, 6.45) is 3.17. The highest BCUT2D eigenvalue weighted by molar-refractivity contribution is 5.35. The lowest BCUT2D eigenvalue weighted by Crippen LogP contribution is -2.20. The first-order chi connectivity index (χ1) is 7.56. The van der Waals surface area contributed by atoms with E-state index in [1.807, 2.05) is 6.92 Å². The average molecular weight is 225 g/mol. The molecule has 0 aliphatic carbocycles. The predicted octanol–water partition coefficient (Wildman–Crippen LogP) is 1.64. The van der Waals surface area contributed by atoms with Gasteiger partial charge in [-0.25, -0.2) is 0 Å². The molecule has 0 atom stereocenters. The van der Waals surface area contributed by atoms with Crippen LogP contribution in [0.15, 0.2) is 17.3 Å². The van der Waals surface area contributed by atoms with Crippen molar-refractivity contribution in [3.8, 4) is 0 Å². The quantitative estimate of drug-likeness (QED) is 0.366. The van der Waals surface area contributed by atoms with E-state index in [1.54, 1.807) is 6.92 Å². The molecule has 0 radical (unpaired) electrons. The minimum Gasteiger partial charge on any atom is -0.427 e. The van der Waals surface area contributed by atoms with E-state index < -0.39 is 4.92 Å². The van der Waals surface area contributed by atoms with Crippen molar-refractivity contribution in [1.82, 2.24) is 4.73 Å². The van der Waals surface area contributed by atoms with Crippen molar-refractivity contribution in [1.29, 1.82) is 0 Å². The van der Waals surface area contributed by atoms with Crippen LogP contribution in [0.25, 0.3) is 0 Å². The number of nitrogens with zero attached hydrogens (tertiary/aromatic N) is 3. The summed E-state index contributed by atoms with van der Waals surface area (Å²) in [5, 5.41) is 20.2. The molecule has 0 aliphatic heterocycles. The third kappa shape index (κ3) is 2.82. The van der Waals surface area contributed by atoms with Crippen molar-refractivity contribution >= 4 is 5.69 Å². The maximum absolute atomic E-state index is 10.7. The fourth-order valence-electron chi connectivity index (χ4n) is 1.28. The Morgan fingerprint density at radius 2 is 2.31 bits per heavy atom. The summed E-state index contributed by atoms with van der Waals surface area (Å²) in [7, 11) is 0. The van der Waals surface area contributed by atoms with Gasteiger partial charge in [0.25, 0.3) is 5.69 Å². The Morgan fingerprint density at radius 1 is 1.62 bits per heavy atom. The second kappa shape index (κ2) is 5.29. The maximum Gasteiger partial charge on any atom is 0.277 e. The smallest absolute Gasteiger partial charge is 0.277 e. The van der Waals surface area contributed by atoms with Crippen LogP contribution in [0.4, 0.5) is 5.69 Å². The van der Waals surface area contributed by atoms with Gasteiger partial charge in [-0.3, -0.25) is 15.1 Å². The van der Waals surface area contributed by atoms with E-state index in [2.05, 4.69) is 4.99 Å². The van der Waals surface area contributed by atoms with Crippen LogP contribution >= 0.6 is 0 Å². The fraction of sp³-hybridized carbons (Fsp3) is 0.500. The minimum atomic E-state index is -0.478. The molecule has 0 fully saturated rings. The summed E-state index contributed by atoms with van der Waals surface area (Å²) in [6, 6.07) is 1.28. The van der Waals surface area contributed by atoms with Gasteiger partial charge in [0.1, 0.15) is 0 Å². The number of aryl methyl sites for hydroxylation is 1. The van der Waals surface area contributed by atoms with Gasteiger partial charge in [-0.1, -0.05) is 13.3 Å². The van der Waals surface area contributed by atoms with Crippen LogP contribution in [0.1, 0.15) is 25.3 Å². The van der Waals surface area contributed by atoms with Gasteiger partial charge in [0.15, 0.2) is 5.49 Å². The molecular weight excluding hydrogens is 210 g/mol. The molecule has 16 heavy (non-hydrogen) atoms. The van der Waals surface area contributed by atoms with Gasteiger partial charge < -0.3 is 5.21 Å². The first-order valence-corrected chi connectivity index (χ1v) is 5.13. The molecule has 0 spiro atoms. The number of hydrogen-bond acceptors (Lipinski definition) is 4. The standard InChI is InChI=1S/C10H15N3O3/c1-3-4-5-11-10-6-9(13(15)16)8(2)7-12(10)14/h6-7,14H,3-5H2,1-2H3. The van der Waals surface area contributed by atoms with E-state index in [1.165, 1.54) is 12.3 Å². The third-order valence-electron chi connectivity index (χ3n) is 2.20. The van der Waals surface area contributed by atoms with Crippen LogP contribution in [-0.2, 0) is 0 Å². The zero-order valence-electron chi connectivity index (χ0n) is 9.38. The normalized spacial score (nSPS) is 11.8. The Morgan fingerprint density at radius 3 is 2.88 bits per heavy atom. The molecule has 6 heteroatoms. The van der Waals surface area contributed by atoms with Crippen LogP contribution in [-0.4, -0.2) is 21.4 Å². The lowest BCUT2D eigenvalue weighted by molar-refractivity contribution is -0.385. The summed E-state index contributed by atoms with van der Waals surface area (Å²) in [6.45, 7) is 4.15. The molecule has 0 aliphatic rings. The summed E-state index contributed by atoms with van der Waals surface area (Å²) in [5.74, 6) is 0. The monoisotopic (exact) mass is 225 g/mol. The molecule has 0 saturated heterocycles. The molecule has 6 nitrogen and oxygen atoms in total. The predicted molar refractivity (Wildman–Crippen MR) is 58.3 cm³/mol. The number of hydrogen-bond donors (Lipinski definition) is 1. The zero-order chi connectivity index (χ0) is 12.1. The van der Waals surface area contributed by atoms with E-state index in [9.17, 15) is 15.3 Å². The van der Waals surface area contributed by atoms with Gasteiger partial charge in [0.2, 0.25) is 0 Å². The largest absolute Gasteiger partial charge is 0.427 e. The summed E-state index contributed by atoms with van der Waals surface area (Å²) in [4.78, 5) is 14.3. The highest BCUT2D eigenvalue weighted by Gasteiger charge is 2.11. The molecular formula is C10H15N3O3. The number of unbranched alkanes of at least 4 members (excludes halogenated alkanes) is 1. The van der Waals surface area contributed by atoms with Gasteiger partial charge in [0, 0.05) is 12.1 Å².